The number of rotatable bonds is 3. The van der Waals surface area contributed by atoms with Crippen LogP contribution in [0.1, 0.15) is 5.56 Å². The molecule has 4 rings (SSSR count). The molecule has 2 amide bonds. The van der Waals surface area contributed by atoms with Gasteiger partial charge in [0, 0.05) is 25.3 Å². The van der Waals surface area contributed by atoms with Gasteiger partial charge in [-0.1, -0.05) is 29.8 Å². The average Bonchev–Trinajstić information content (AvgIpc) is 3.19. The van der Waals surface area contributed by atoms with Crippen molar-refractivity contribution >= 4 is 44.8 Å². The molecule has 1 saturated heterocycles. The van der Waals surface area contributed by atoms with Crippen molar-refractivity contribution in [1.82, 2.24) is 4.31 Å². The average molecular weight is 450 g/mol. The normalized spacial score (nSPS) is 16.9. The monoisotopic (exact) mass is 449 g/mol. The maximum absolute atomic E-state index is 12.9. The number of para-hydroxylation sites is 1. The smallest absolute Gasteiger partial charge is 0.316 e. The fraction of sp³-hybridized carbons (Fsp3) is 0.300. The van der Waals surface area contributed by atoms with Gasteiger partial charge in [-0.05, 0) is 36.2 Å². The van der Waals surface area contributed by atoms with E-state index in [1.54, 1.807) is 12.1 Å². The van der Waals surface area contributed by atoms with Crippen LogP contribution in [-0.4, -0.2) is 57.4 Å². The summed E-state index contributed by atoms with van der Waals surface area (Å²) in [4.78, 5) is 26.7. The number of hydrogen-bond acceptors (Lipinski definition) is 5. The van der Waals surface area contributed by atoms with Crippen molar-refractivity contribution in [3.8, 4) is 0 Å². The van der Waals surface area contributed by atoms with Crippen molar-refractivity contribution in [2.75, 3.05) is 43.1 Å². The number of nitrogens with one attached hydrogen (secondary N) is 1. The van der Waals surface area contributed by atoms with Gasteiger partial charge in [0.05, 0.1) is 28.8 Å². The summed E-state index contributed by atoms with van der Waals surface area (Å²) >= 11 is 6.15. The zero-order valence-electron chi connectivity index (χ0n) is 16.0. The minimum atomic E-state index is -3.76. The Balaban J connectivity index is 1.54. The lowest BCUT2D eigenvalue weighted by Crippen LogP contribution is -2.40. The number of benzene rings is 2. The number of morpholine rings is 1. The predicted octanol–water partition coefficient (Wildman–Crippen LogP) is 1.89. The zero-order chi connectivity index (χ0) is 21.3. The first kappa shape index (κ1) is 20.8. The number of halogens is 1. The molecule has 1 N–H and O–H groups in total. The van der Waals surface area contributed by atoms with E-state index in [0.29, 0.717) is 31.9 Å². The minimum absolute atomic E-state index is 0.0110. The van der Waals surface area contributed by atoms with Gasteiger partial charge in [0.25, 0.3) is 0 Å². The summed E-state index contributed by atoms with van der Waals surface area (Å²) in [6, 6.07) is 11.4. The number of fused-ring (bicyclic) bond motifs is 1. The number of anilines is 2. The van der Waals surface area contributed by atoms with E-state index >= 15 is 0 Å². The summed E-state index contributed by atoms with van der Waals surface area (Å²) in [7, 11) is -3.76. The molecule has 8 nitrogen and oxygen atoms in total. The van der Waals surface area contributed by atoms with Gasteiger partial charge in [-0.15, -0.1) is 0 Å². The number of carbonyl (C=O) groups excluding carboxylic acids is 2. The van der Waals surface area contributed by atoms with E-state index in [2.05, 4.69) is 5.32 Å². The second-order valence-electron chi connectivity index (χ2n) is 6.95. The van der Waals surface area contributed by atoms with Crippen LogP contribution in [0.25, 0.3) is 0 Å². The molecule has 0 atom stereocenters. The Hall–Kier alpha value is -2.46. The molecule has 2 heterocycles. The number of amides is 2. The number of carbonyl (C=O) groups is 2. The Morgan fingerprint density at radius 1 is 1.03 bits per heavy atom. The molecule has 30 heavy (non-hydrogen) atoms. The fourth-order valence-electron chi connectivity index (χ4n) is 3.54. The highest BCUT2D eigenvalue weighted by atomic mass is 35.5. The molecule has 10 heteroatoms. The highest BCUT2D eigenvalue weighted by Gasteiger charge is 2.30. The number of nitrogens with zero attached hydrogens (tertiary/aromatic N) is 2. The highest BCUT2D eigenvalue weighted by Crippen LogP contribution is 2.29. The van der Waals surface area contributed by atoms with Crippen LogP contribution in [0, 0.1) is 0 Å². The van der Waals surface area contributed by atoms with Crippen LogP contribution in [-0.2, 0) is 30.8 Å². The minimum Gasteiger partial charge on any atom is -0.379 e. The Morgan fingerprint density at radius 2 is 1.77 bits per heavy atom. The fourth-order valence-corrected chi connectivity index (χ4v) is 5.14. The topological polar surface area (TPSA) is 96.0 Å². The van der Waals surface area contributed by atoms with E-state index in [-0.39, 0.29) is 28.7 Å². The van der Waals surface area contributed by atoms with Crippen LogP contribution < -0.4 is 10.2 Å². The Morgan fingerprint density at radius 3 is 2.53 bits per heavy atom. The van der Waals surface area contributed by atoms with Crippen molar-refractivity contribution in [2.24, 2.45) is 0 Å². The lowest BCUT2D eigenvalue weighted by molar-refractivity contribution is -0.134. The first-order valence-corrected chi connectivity index (χ1v) is 11.3. The molecule has 158 valence electrons. The van der Waals surface area contributed by atoms with E-state index in [4.69, 9.17) is 16.3 Å². The molecule has 0 saturated carbocycles. The van der Waals surface area contributed by atoms with E-state index in [1.165, 1.54) is 27.4 Å². The lowest BCUT2D eigenvalue weighted by atomic mass is 10.2. The molecular weight excluding hydrogens is 430 g/mol. The molecule has 0 spiro atoms. The van der Waals surface area contributed by atoms with Gasteiger partial charge in [-0.2, -0.15) is 4.31 Å². The first-order valence-electron chi connectivity index (χ1n) is 9.46. The molecule has 0 unspecified atom stereocenters. The van der Waals surface area contributed by atoms with E-state index in [1.807, 2.05) is 12.1 Å². The van der Waals surface area contributed by atoms with Gasteiger partial charge < -0.3 is 15.0 Å². The standard InChI is InChI=1S/C20H20ClN3O5S/c21-16-6-5-15(30(27,28)23-9-11-29-12-10-23)13-17(16)22-19(25)20(26)24-8-7-14-3-1-2-4-18(14)24/h1-6,13H,7-12H2,(H,22,25). The third-order valence-corrected chi connectivity index (χ3v) is 7.34. The largest absolute Gasteiger partial charge is 0.379 e. The van der Waals surface area contributed by atoms with Crippen molar-refractivity contribution in [2.45, 2.75) is 11.3 Å². The maximum atomic E-state index is 12.9. The van der Waals surface area contributed by atoms with Crippen LogP contribution in [0.2, 0.25) is 5.02 Å². The predicted molar refractivity (Wildman–Crippen MR) is 112 cm³/mol. The summed E-state index contributed by atoms with van der Waals surface area (Å²) in [6.45, 7) is 1.55. The summed E-state index contributed by atoms with van der Waals surface area (Å²) in [5.41, 5.74) is 1.76. The number of hydrogen-bond donors (Lipinski definition) is 1. The second kappa shape index (κ2) is 8.35. The van der Waals surface area contributed by atoms with Gasteiger partial charge in [0.15, 0.2) is 0 Å². The SMILES string of the molecule is O=C(Nc1cc(S(=O)(=O)N2CCOCC2)ccc1Cl)C(=O)N1CCc2ccccc21. The third-order valence-electron chi connectivity index (χ3n) is 5.12. The van der Waals surface area contributed by atoms with Gasteiger partial charge in [-0.3, -0.25) is 9.59 Å². The van der Waals surface area contributed by atoms with Gasteiger partial charge >= 0.3 is 11.8 Å². The van der Waals surface area contributed by atoms with Crippen molar-refractivity contribution in [3.05, 3.63) is 53.1 Å². The van der Waals surface area contributed by atoms with E-state index in [0.717, 1.165) is 5.56 Å². The van der Waals surface area contributed by atoms with Crippen molar-refractivity contribution in [1.29, 1.82) is 0 Å². The molecule has 0 aliphatic carbocycles. The molecule has 0 bridgehead atoms. The first-order chi connectivity index (χ1) is 14.4. The summed E-state index contributed by atoms with van der Waals surface area (Å²) in [6.07, 6.45) is 0.670. The van der Waals surface area contributed by atoms with Crippen LogP contribution in [0.4, 0.5) is 11.4 Å². The molecule has 2 aliphatic rings. The molecule has 2 aliphatic heterocycles. The third kappa shape index (κ3) is 3.93. The Kier molecular flexibility index (Phi) is 5.79. The Labute approximate surface area is 179 Å². The molecule has 1 fully saturated rings. The summed E-state index contributed by atoms with van der Waals surface area (Å²) in [5.74, 6) is -1.60. The zero-order valence-corrected chi connectivity index (χ0v) is 17.6. The second-order valence-corrected chi connectivity index (χ2v) is 9.29. The quantitative estimate of drug-likeness (QED) is 0.722. The molecule has 2 aromatic carbocycles. The summed E-state index contributed by atoms with van der Waals surface area (Å²) < 4.78 is 32.2. The van der Waals surface area contributed by atoms with Crippen LogP contribution in [0.15, 0.2) is 47.4 Å². The van der Waals surface area contributed by atoms with Gasteiger partial charge in [-0.25, -0.2) is 8.42 Å². The number of ether oxygens (including phenoxy) is 1. The molecular formula is C20H20ClN3O5S. The lowest BCUT2D eigenvalue weighted by Gasteiger charge is -2.26. The van der Waals surface area contributed by atoms with E-state index in [9.17, 15) is 18.0 Å². The van der Waals surface area contributed by atoms with Crippen LogP contribution in [0.3, 0.4) is 0 Å². The Bertz CT molecular complexity index is 1100. The van der Waals surface area contributed by atoms with Crippen molar-refractivity contribution in [3.63, 3.8) is 0 Å². The van der Waals surface area contributed by atoms with Crippen LogP contribution >= 0.6 is 11.6 Å². The molecule has 0 radical (unpaired) electrons. The van der Waals surface area contributed by atoms with Gasteiger partial charge in [0.1, 0.15) is 0 Å². The van der Waals surface area contributed by atoms with E-state index < -0.39 is 21.8 Å². The molecule has 0 aromatic heterocycles. The summed E-state index contributed by atoms with van der Waals surface area (Å²) in [5, 5.41) is 2.60. The molecule has 2 aromatic rings. The maximum Gasteiger partial charge on any atom is 0.316 e. The van der Waals surface area contributed by atoms with Crippen molar-refractivity contribution < 1.29 is 22.7 Å². The van der Waals surface area contributed by atoms with Gasteiger partial charge in [0.2, 0.25) is 10.0 Å². The highest BCUT2D eigenvalue weighted by molar-refractivity contribution is 7.89. The van der Waals surface area contributed by atoms with Crippen LogP contribution in [0.5, 0.6) is 0 Å². The number of sulfonamides is 1.